The molecule has 6 aromatic rings. The van der Waals surface area contributed by atoms with Crippen LogP contribution in [0.15, 0.2) is 95.6 Å². The van der Waals surface area contributed by atoms with Gasteiger partial charge in [0.05, 0.1) is 11.3 Å². The number of carbonyl (C=O) groups excluding carboxylic acids is 1. The van der Waals surface area contributed by atoms with E-state index in [0.29, 0.717) is 0 Å². The Balaban J connectivity index is 0.000000454. The number of aromatic nitrogens is 2. The standard InChI is InChI=1S/C31H25N2O.C5H8O2.Ir/c1-19-14-26-27(17-23-11-13-34-30(23)29(26)33-18-19)28-25(6-5-12-32-28)22-8-7-21-16-24(31(2,3)4)10-9-20(21)15-22;1-4(6)3-5(2)7;/h5-16,18H,1-4H3;3,6H,1-2H3;/q-1;;/b;4-3-;. The SMILES string of the molecule is CC(=O)/C=C(/C)O.Cc1cnc2c(c1)c(-c1ncccc1-c1ccc3cc(C(C)(C)C)ccc3c1)[c-]c1ccoc12.[Ir]. The maximum atomic E-state index is 10.0. The summed E-state index contributed by atoms with van der Waals surface area (Å²) < 4.78 is 5.74. The molecule has 42 heavy (non-hydrogen) atoms. The van der Waals surface area contributed by atoms with Crippen molar-refractivity contribution in [1.29, 1.82) is 0 Å². The first-order chi connectivity index (χ1) is 19.5. The molecule has 0 saturated carbocycles. The van der Waals surface area contributed by atoms with Crippen LogP contribution in [0.5, 0.6) is 0 Å². The molecule has 0 bridgehead atoms. The van der Waals surface area contributed by atoms with Gasteiger partial charge in [-0.05, 0) is 71.3 Å². The molecule has 0 spiro atoms. The number of hydrogen-bond acceptors (Lipinski definition) is 5. The average molecular weight is 734 g/mol. The van der Waals surface area contributed by atoms with E-state index in [1.807, 2.05) is 24.5 Å². The first-order valence-electron chi connectivity index (χ1n) is 13.6. The van der Waals surface area contributed by atoms with E-state index in [-0.39, 0.29) is 37.1 Å². The van der Waals surface area contributed by atoms with Gasteiger partial charge in [0.2, 0.25) is 0 Å². The Bertz CT molecular complexity index is 1940. The average Bonchev–Trinajstić information content (AvgIpc) is 3.40. The summed E-state index contributed by atoms with van der Waals surface area (Å²) in [4.78, 5) is 19.5. The Kier molecular flexibility index (Phi) is 9.10. The molecule has 215 valence electrons. The number of aliphatic hydroxyl groups excluding tert-OH is 1. The monoisotopic (exact) mass is 734 g/mol. The number of aryl methyl sites for hydroxylation is 1. The van der Waals surface area contributed by atoms with Gasteiger partial charge in [-0.3, -0.25) is 14.8 Å². The Morgan fingerprint density at radius 2 is 1.71 bits per heavy atom. The van der Waals surface area contributed by atoms with E-state index in [1.54, 1.807) is 6.26 Å². The summed E-state index contributed by atoms with van der Waals surface area (Å²) in [6.07, 6.45) is 6.58. The number of aliphatic hydroxyl groups is 1. The van der Waals surface area contributed by atoms with Crippen molar-refractivity contribution in [2.45, 2.75) is 47.0 Å². The number of nitrogens with zero attached hydrogens (tertiary/aromatic N) is 2. The molecule has 0 aliphatic carbocycles. The number of furan rings is 1. The normalized spacial score (nSPS) is 11.7. The van der Waals surface area contributed by atoms with Crippen molar-refractivity contribution < 1.29 is 34.4 Å². The van der Waals surface area contributed by atoms with E-state index in [0.717, 1.165) is 49.8 Å². The fourth-order valence-corrected chi connectivity index (χ4v) is 4.93. The molecule has 6 rings (SSSR count). The largest absolute Gasteiger partial charge is 0.512 e. The van der Waals surface area contributed by atoms with Gasteiger partial charge in [-0.25, -0.2) is 0 Å². The maximum absolute atomic E-state index is 10.0. The van der Waals surface area contributed by atoms with Crippen LogP contribution in [0.2, 0.25) is 0 Å². The molecule has 3 aromatic carbocycles. The third-order valence-corrected chi connectivity index (χ3v) is 6.91. The van der Waals surface area contributed by atoms with Gasteiger partial charge >= 0.3 is 0 Å². The Morgan fingerprint density at radius 3 is 2.40 bits per heavy atom. The first-order valence-corrected chi connectivity index (χ1v) is 13.6. The Morgan fingerprint density at radius 1 is 0.976 bits per heavy atom. The van der Waals surface area contributed by atoms with Gasteiger partial charge in [0.25, 0.3) is 0 Å². The maximum Gasteiger partial charge on any atom is 0.155 e. The number of ketones is 1. The van der Waals surface area contributed by atoms with Gasteiger partial charge in [0, 0.05) is 56.0 Å². The molecule has 0 aliphatic heterocycles. The van der Waals surface area contributed by atoms with E-state index < -0.39 is 0 Å². The second-order valence-corrected chi connectivity index (χ2v) is 11.4. The smallest absolute Gasteiger partial charge is 0.155 e. The number of carbonyl (C=O) groups is 1. The molecule has 0 aliphatic rings. The topological polar surface area (TPSA) is 76.2 Å². The summed E-state index contributed by atoms with van der Waals surface area (Å²) in [5.41, 5.74) is 8.20. The van der Waals surface area contributed by atoms with Crippen LogP contribution in [0.3, 0.4) is 0 Å². The number of benzene rings is 3. The molecular formula is C36H33IrN2O3-. The van der Waals surface area contributed by atoms with Crippen LogP contribution in [-0.2, 0) is 30.3 Å². The molecule has 0 atom stereocenters. The number of rotatable bonds is 3. The summed E-state index contributed by atoms with van der Waals surface area (Å²) in [6.45, 7) is 11.6. The molecule has 5 nitrogen and oxygen atoms in total. The summed E-state index contributed by atoms with van der Waals surface area (Å²) in [7, 11) is 0. The van der Waals surface area contributed by atoms with Crippen molar-refractivity contribution in [2.24, 2.45) is 0 Å². The van der Waals surface area contributed by atoms with Crippen molar-refractivity contribution in [2.75, 3.05) is 0 Å². The van der Waals surface area contributed by atoms with Gasteiger partial charge in [-0.2, -0.15) is 0 Å². The van der Waals surface area contributed by atoms with Crippen LogP contribution in [-0.4, -0.2) is 20.9 Å². The third-order valence-electron chi connectivity index (χ3n) is 6.91. The second kappa shape index (κ2) is 12.4. The van der Waals surface area contributed by atoms with Gasteiger partial charge < -0.3 is 9.52 Å². The summed E-state index contributed by atoms with van der Waals surface area (Å²) in [6, 6.07) is 25.2. The zero-order valence-corrected chi connectivity index (χ0v) is 27.0. The quantitative estimate of drug-likeness (QED) is 0.112. The first kappa shape index (κ1) is 30.8. The van der Waals surface area contributed by atoms with Gasteiger partial charge in [0.15, 0.2) is 5.78 Å². The van der Waals surface area contributed by atoms with Crippen LogP contribution in [0, 0.1) is 13.0 Å². The number of hydrogen-bond donors (Lipinski definition) is 1. The third kappa shape index (κ3) is 6.51. The number of fused-ring (bicyclic) bond motifs is 4. The summed E-state index contributed by atoms with van der Waals surface area (Å²) >= 11 is 0. The van der Waals surface area contributed by atoms with Crippen molar-refractivity contribution in [1.82, 2.24) is 9.97 Å². The molecular weight excluding hydrogens is 701 g/mol. The van der Waals surface area contributed by atoms with Crippen LogP contribution < -0.4 is 0 Å². The molecule has 1 radical (unpaired) electrons. The number of pyridine rings is 2. The minimum absolute atomic E-state index is 0. The van der Waals surface area contributed by atoms with Gasteiger partial charge in [-0.1, -0.05) is 85.6 Å². The van der Waals surface area contributed by atoms with Gasteiger partial charge in [-0.15, -0.1) is 6.07 Å². The van der Waals surface area contributed by atoms with Crippen molar-refractivity contribution >= 4 is 38.4 Å². The fourth-order valence-electron chi connectivity index (χ4n) is 4.93. The summed E-state index contributed by atoms with van der Waals surface area (Å²) in [5.74, 6) is -0.0625. The van der Waals surface area contributed by atoms with Crippen molar-refractivity contribution in [3.8, 4) is 22.4 Å². The second-order valence-electron chi connectivity index (χ2n) is 11.4. The van der Waals surface area contributed by atoms with E-state index in [9.17, 15) is 4.79 Å². The van der Waals surface area contributed by atoms with Crippen molar-refractivity contribution in [3.63, 3.8) is 0 Å². The van der Waals surface area contributed by atoms with Crippen molar-refractivity contribution in [3.05, 3.63) is 108 Å². The molecule has 6 heteroatoms. The predicted molar refractivity (Wildman–Crippen MR) is 167 cm³/mol. The Labute approximate surface area is 259 Å². The zero-order chi connectivity index (χ0) is 29.3. The van der Waals surface area contributed by atoms with Crippen LogP contribution in [0.25, 0.3) is 55.0 Å². The van der Waals surface area contributed by atoms with E-state index in [1.165, 1.54) is 36.3 Å². The minimum Gasteiger partial charge on any atom is -0.512 e. The van der Waals surface area contributed by atoms with Crippen LogP contribution in [0.1, 0.15) is 45.7 Å². The zero-order valence-electron chi connectivity index (χ0n) is 24.6. The minimum atomic E-state index is -0.125. The molecule has 0 saturated heterocycles. The molecule has 3 heterocycles. The van der Waals surface area contributed by atoms with Gasteiger partial charge in [0.1, 0.15) is 0 Å². The van der Waals surface area contributed by atoms with E-state index in [4.69, 9.17) is 19.5 Å². The molecule has 1 N–H and O–H groups in total. The fraction of sp³-hybridized carbons (Fsp3) is 0.194. The Hall–Kier alpha value is -4.12. The van der Waals surface area contributed by atoms with Crippen LogP contribution in [0.4, 0.5) is 0 Å². The van der Waals surface area contributed by atoms with Crippen LogP contribution >= 0.6 is 0 Å². The van der Waals surface area contributed by atoms with E-state index >= 15 is 0 Å². The summed E-state index contributed by atoms with van der Waals surface area (Å²) in [5, 5.41) is 12.7. The molecule has 0 fully saturated rings. The molecule has 0 unspecified atom stereocenters. The molecule has 0 amide bonds. The van der Waals surface area contributed by atoms with E-state index in [2.05, 4.69) is 82.3 Å². The predicted octanol–water partition coefficient (Wildman–Crippen LogP) is 9.30. The number of allylic oxidation sites excluding steroid dienone is 2. The molecule has 3 aromatic heterocycles.